The molecule has 0 radical (unpaired) electrons. The summed E-state index contributed by atoms with van der Waals surface area (Å²) in [5.41, 5.74) is 3.65. The SMILES string of the molecule is Cc1ccc(NC(=O)c2c(NC(=O)c3cc(C)on3)sc3c2CCC3)cc1. The van der Waals surface area contributed by atoms with Crippen LogP contribution in [0.2, 0.25) is 0 Å². The Bertz CT molecular complexity index is 1020. The number of aromatic nitrogens is 1. The average Bonchev–Trinajstić information content (AvgIpc) is 3.32. The molecule has 0 saturated heterocycles. The zero-order valence-electron chi connectivity index (χ0n) is 15.1. The van der Waals surface area contributed by atoms with Crippen molar-refractivity contribution < 1.29 is 14.1 Å². The van der Waals surface area contributed by atoms with Crippen molar-refractivity contribution in [1.82, 2.24) is 5.16 Å². The molecule has 1 aromatic carbocycles. The maximum absolute atomic E-state index is 13.0. The van der Waals surface area contributed by atoms with E-state index >= 15 is 0 Å². The molecule has 4 rings (SSSR count). The van der Waals surface area contributed by atoms with Gasteiger partial charge in [0.15, 0.2) is 5.69 Å². The maximum atomic E-state index is 13.0. The van der Waals surface area contributed by atoms with Crippen LogP contribution in [0.4, 0.5) is 10.7 Å². The van der Waals surface area contributed by atoms with Crippen LogP contribution in [-0.4, -0.2) is 17.0 Å². The Morgan fingerprint density at radius 1 is 1.07 bits per heavy atom. The molecular weight excluding hydrogens is 362 g/mol. The predicted octanol–water partition coefficient (Wildman–Crippen LogP) is 4.35. The highest BCUT2D eigenvalue weighted by molar-refractivity contribution is 7.17. The van der Waals surface area contributed by atoms with Gasteiger partial charge in [0, 0.05) is 16.6 Å². The minimum Gasteiger partial charge on any atom is -0.361 e. The lowest BCUT2D eigenvalue weighted by Crippen LogP contribution is -2.18. The molecule has 0 fully saturated rings. The molecule has 0 saturated carbocycles. The van der Waals surface area contributed by atoms with Crippen molar-refractivity contribution >= 4 is 33.8 Å². The zero-order valence-corrected chi connectivity index (χ0v) is 15.9. The van der Waals surface area contributed by atoms with Gasteiger partial charge in [0.25, 0.3) is 11.8 Å². The minimum absolute atomic E-state index is 0.200. The Balaban J connectivity index is 1.62. The highest BCUT2D eigenvalue weighted by Crippen LogP contribution is 2.39. The average molecular weight is 381 g/mol. The Hall–Kier alpha value is -2.93. The molecule has 0 atom stereocenters. The smallest absolute Gasteiger partial charge is 0.278 e. The number of nitrogens with zero attached hydrogens (tertiary/aromatic N) is 1. The van der Waals surface area contributed by atoms with E-state index in [1.54, 1.807) is 13.0 Å². The first kappa shape index (κ1) is 17.5. The molecule has 27 heavy (non-hydrogen) atoms. The third-order valence-electron chi connectivity index (χ3n) is 4.55. The zero-order chi connectivity index (χ0) is 19.0. The van der Waals surface area contributed by atoms with Crippen LogP contribution < -0.4 is 10.6 Å². The summed E-state index contributed by atoms with van der Waals surface area (Å²) in [7, 11) is 0. The Labute approximate surface area is 160 Å². The van der Waals surface area contributed by atoms with Gasteiger partial charge in [-0.2, -0.15) is 0 Å². The van der Waals surface area contributed by atoms with Crippen LogP contribution >= 0.6 is 11.3 Å². The van der Waals surface area contributed by atoms with Crippen molar-refractivity contribution in [2.45, 2.75) is 33.1 Å². The summed E-state index contributed by atoms with van der Waals surface area (Å²) in [4.78, 5) is 26.6. The molecule has 0 bridgehead atoms. The number of carbonyl (C=O) groups is 2. The van der Waals surface area contributed by atoms with E-state index in [2.05, 4.69) is 15.8 Å². The van der Waals surface area contributed by atoms with Crippen molar-refractivity contribution in [2.24, 2.45) is 0 Å². The van der Waals surface area contributed by atoms with Gasteiger partial charge in [-0.05, 0) is 50.8 Å². The van der Waals surface area contributed by atoms with Crippen LogP contribution in [0.25, 0.3) is 0 Å². The molecule has 0 spiro atoms. The number of amides is 2. The van der Waals surface area contributed by atoms with E-state index in [1.165, 1.54) is 11.3 Å². The summed E-state index contributed by atoms with van der Waals surface area (Å²) in [5, 5.41) is 10.1. The van der Waals surface area contributed by atoms with E-state index < -0.39 is 0 Å². The first-order valence-corrected chi connectivity index (χ1v) is 9.60. The summed E-state index contributed by atoms with van der Waals surface area (Å²) in [5.74, 6) is -0.0211. The van der Waals surface area contributed by atoms with Gasteiger partial charge in [0.1, 0.15) is 10.8 Å². The van der Waals surface area contributed by atoms with Gasteiger partial charge in [-0.1, -0.05) is 22.9 Å². The molecule has 3 aromatic rings. The van der Waals surface area contributed by atoms with E-state index in [4.69, 9.17) is 4.52 Å². The van der Waals surface area contributed by atoms with Gasteiger partial charge in [-0.3, -0.25) is 9.59 Å². The van der Waals surface area contributed by atoms with Crippen molar-refractivity contribution in [3.63, 3.8) is 0 Å². The number of benzene rings is 1. The molecule has 6 nitrogen and oxygen atoms in total. The molecule has 0 aliphatic heterocycles. The second-order valence-electron chi connectivity index (χ2n) is 6.66. The largest absolute Gasteiger partial charge is 0.361 e. The highest BCUT2D eigenvalue weighted by Gasteiger charge is 2.28. The van der Waals surface area contributed by atoms with Crippen LogP contribution in [-0.2, 0) is 12.8 Å². The van der Waals surface area contributed by atoms with E-state index in [1.807, 2.05) is 31.2 Å². The Kier molecular flexibility index (Phi) is 4.53. The summed E-state index contributed by atoms with van der Waals surface area (Å²) >= 11 is 1.47. The van der Waals surface area contributed by atoms with Gasteiger partial charge in [0.05, 0.1) is 5.56 Å². The van der Waals surface area contributed by atoms with Crippen molar-refractivity contribution in [2.75, 3.05) is 10.6 Å². The number of carbonyl (C=O) groups excluding carboxylic acids is 2. The molecule has 1 aliphatic rings. The monoisotopic (exact) mass is 381 g/mol. The van der Waals surface area contributed by atoms with Gasteiger partial charge in [-0.15, -0.1) is 11.3 Å². The molecule has 2 N–H and O–H groups in total. The molecule has 138 valence electrons. The second kappa shape index (κ2) is 7.00. The van der Waals surface area contributed by atoms with Gasteiger partial charge in [-0.25, -0.2) is 0 Å². The minimum atomic E-state index is -0.379. The van der Waals surface area contributed by atoms with Crippen LogP contribution in [0.15, 0.2) is 34.9 Å². The summed E-state index contributed by atoms with van der Waals surface area (Å²) in [6.45, 7) is 3.72. The van der Waals surface area contributed by atoms with Crippen LogP contribution in [0.5, 0.6) is 0 Å². The fourth-order valence-corrected chi connectivity index (χ4v) is 4.49. The number of hydrogen-bond acceptors (Lipinski definition) is 5. The lowest BCUT2D eigenvalue weighted by Gasteiger charge is -2.09. The van der Waals surface area contributed by atoms with E-state index in [0.29, 0.717) is 16.3 Å². The number of nitrogens with one attached hydrogen (secondary N) is 2. The number of rotatable bonds is 4. The van der Waals surface area contributed by atoms with Gasteiger partial charge < -0.3 is 15.2 Å². The number of thiophene rings is 1. The first-order chi connectivity index (χ1) is 13.0. The third kappa shape index (κ3) is 3.50. The summed E-state index contributed by atoms with van der Waals surface area (Å²) < 4.78 is 4.96. The molecule has 2 heterocycles. The number of anilines is 2. The fraction of sp³-hybridized carbons (Fsp3) is 0.250. The van der Waals surface area contributed by atoms with Crippen molar-refractivity contribution in [3.05, 3.63) is 63.4 Å². The standard InChI is InChI=1S/C20H19N3O3S/c1-11-6-8-13(9-7-11)21-19(25)17-14-4-3-5-16(14)27-20(17)22-18(24)15-10-12(2)26-23-15/h6-10H,3-5H2,1-2H3,(H,21,25)(H,22,24). The third-order valence-corrected chi connectivity index (χ3v) is 5.75. The molecule has 2 amide bonds. The van der Waals surface area contributed by atoms with Crippen molar-refractivity contribution in [1.29, 1.82) is 0 Å². The predicted molar refractivity (Wildman–Crippen MR) is 105 cm³/mol. The topological polar surface area (TPSA) is 84.2 Å². The number of fused-ring (bicyclic) bond motifs is 1. The van der Waals surface area contributed by atoms with Crippen LogP contribution in [0.1, 0.15) is 49.0 Å². The van der Waals surface area contributed by atoms with Gasteiger partial charge >= 0.3 is 0 Å². The summed E-state index contributed by atoms with van der Waals surface area (Å²) in [6, 6.07) is 9.21. The molecule has 7 heteroatoms. The van der Waals surface area contributed by atoms with E-state index in [-0.39, 0.29) is 17.5 Å². The van der Waals surface area contributed by atoms with Crippen LogP contribution in [0, 0.1) is 13.8 Å². The Morgan fingerprint density at radius 3 is 2.56 bits per heavy atom. The molecular formula is C20H19N3O3S. The summed E-state index contributed by atoms with van der Waals surface area (Å²) in [6.07, 6.45) is 2.81. The number of aryl methyl sites for hydroxylation is 3. The molecule has 2 aromatic heterocycles. The molecule has 1 aliphatic carbocycles. The lowest BCUT2D eigenvalue weighted by atomic mass is 10.1. The maximum Gasteiger partial charge on any atom is 0.278 e. The van der Waals surface area contributed by atoms with Crippen LogP contribution in [0.3, 0.4) is 0 Å². The lowest BCUT2D eigenvalue weighted by molar-refractivity contribution is 0.101. The van der Waals surface area contributed by atoms with E-state index in [9.17, 15) is 9.59 Å². The first-order valence-electron chi connectivity index (χ1n) is 8.78. The highest BCUT2D eigenvalue weighted by atomic mass is 32.1. The molecule has 0 unspecified atom stereocenters. The van der Waals surface area contributed by atoms with Crippen molar-refractivity contribution in [3.8, 4) is 0 Å². The van der Waals surface area contributed by atoms with Gasteiger partial charge in [0.2, 0.25) is 0 Å². The fourth-order valence-electron chi connectivity index (χ4n) is 3.20. The quantitative estimate of drug-likeness (QED) is 0.704. The number of hydrogen-bond donors (Lipinski definition) is 2. The van der Waals surface area contributed by atoms with E-state index in [0.717, 1.165) is 41.0 Å². The normalized spacial score (nSPS) is 12.7. The Morgan fingerprint density at radius 2 is 1.85 bits per heavy atom. The second-order valence-corrected chi connectivity index (χ2v) is 7.76.